The van der Waals surface area contributed by atoms with E-state index in [1.54, 1.807) is 30.5 Å². The predicted octanol–water partition coefficient (Wildman–Crippen LogP) is 3.18. The third-order valence-electron chi connectivity index (χ3n) is 2.78. The van der Waals surface area contributed by atoms with Crippen molar-refractivity contribution in [2.24, 2.45) is 5.10 Å². The Morgan fingerprint density at radius 2 is 1.95 bits per heavy atom. The van der Waals surface area contributed by atoms with Crippen molar-refractivity contribution in [3.8, 4) is 5.75 Å². The van der Waals surface area contributed by atoms with Gasteiger partial charge in [-0.2, -0.15) is 5.10 Å². The van der Waals surface area contributed by atoms with E-state index in [1.807, 2.05) is 31.2 Å². The molecule has 0 spiro atoms. The molecule has 0 bridgehead atoms. The molecule has 0 fully saturated rings. The van der Waals surface area contributed by atoms with E-state index in [2.05, 4.69) is 10.5 Å². The van der Waals surface area contributed by atoms with Crippen LogP contribution >= 0.6 is 11.6 Å². The van der Waals surface area contributed by atoms with Crippen molar-refractivity contribution in [3.05, 3.63) is 64.7 Å². The number of hydrogen-bond acceptors (Lipinski definition) is 3. The molecule has 1 amide bonds. The first-order valence-corrected chi connectivity index (χ1v) is 6.79. The Morgan fingerprint density at radius 3 is 2.71 bits per heavy atom. The fourth-order valence-electron chi connectivity index (χ4n) is 1.64. The number of rotatable bonds is 5. The lowest BCUT2D eigenvalue weighted by molar-refractivity contribution is -0.123. The number of hydrazone groups is 1. The minimum absolute atomic E-state index is 0.144. The van der Waals surface area contributed by atoms with Crippen LogP contribution in [0, 0.1) is 6.92 Å². The first-order valence-electron chi connectivity index (χ1n) is 6.41. The molecular weight excluding hydrogens is 288 g/mol. The first-order chi connectivity index (χ1) is 10.2. The van der Waals surface area contributed by atoms with E-state index >= 15 is 0 Å². The highest BCUT2D eigenvalue weighted by atomic mass is 35.5. The molecule has 5 heteroatoms. The lowest BCUT2D eigenvalue weighted by atomic mass is 10.1. The molecule has 0 heterocycles. The first kappa shape index (κ1) is 15.1. The van der Waals surface area contributed by atoms with E-state index in [-0.39, 0.29) is 12.5 Å². The van der Waals surface area contributed by atoms with Gasteiger partial charge in [0.1, 0.15) is 5.75 Å². The monoisotopic (exact) mass is 302 g/mol. The molecule has 0 saturated heterocycles. The Bertz CT molecular complexity index is 656. The van der Waals surface area contributed by atoms with Gasteiger partial charge in [-0.25, -0.2) is 5.43 Å². The molecule has 4 nitrogen and oxygen atoms in total. The van der Waals surface area contributed by atoms with Crippen molar-refractivity contribution >= 4 is 23.7 Å². The molecule has 0 radical (unpaired) electrons. The molecule has 2 aromatic rings. The lowest BCUT2D eigenvalue weighted by Crippen LogP contribution is -2.24. The van der Waals surface area contributed by atoms with Crippen molar-refractivity contribution in [2.45, 2.75) is 6.92 Å². The van der Waals surface area contributed by atoms with Gasteiger partial charge in [0, 0.05) is 0 Å². The lowest BCUT2D eigenvalue weighted by Gasteiger charge is -2.06. The number of carbonyl (C=O) groups is 1. The Kier molecular flexibility index (Phi) is 5.35. The summed E-state index contributed by atoms with van der Waals surface area (Å²) in [6.07, 6.45) is 1.60. The van der Waals surface area contributed by atoms with E-state index in [0.29, 0.717) is 10.8 Å². The summed E-state index contributed by atoms with van der Waals surface area (Å²) < 4.78 is 5.31. The predicted molar refractivity (Wildman–Crippen MR) is 83.9 cm³/mol. The van der Waals surface area contributed by atoms with Gasteiger partial charge >= 0.3 is 0 Å². The summed E-state index contributed by atoms with van der Waals surface area (Å²) in [7, 11) is 0. The van der Waals surface area contributed by atoms with Gasteiger partial charge in [-0.1, -0.05) is 48.0 Å². The van der Waals surface area contributed by atoms with Crippen molar-refractivity contribution in [3.63, 3.8) is 0 Å². The number of amides is 1. The normalized spacial score (nSPS) is 10.6. The number of aryl methyl sites for hydroxylation is 1. The van der Waals surface area contributed by atoms with Crippen LogP contribution in [0.1, 0.15) is 11.1 Å². The van der Waals surface area contributed by atoms with Gasteiger partial charge in [-0.3, -0.25) is 4.79 Å². The molecule has 21 heavy (non-hydrogen) atoms. The van der Waals surface area contributed by atoms with E-state index in [0.717, 1.165) is 11.1 Å². The summed E-state index contributed by atoms with van der Waals surface area (Å²) >= 11 is 5.92. The maximum absolute atomic E-state index is 11.6. The second-order valence-corrected chi connectivity index (χ2v) is 4.78. The van der Waals surface area contributed by atoms with Gasteiger partial charge in [0.05, 0.1) is 11.2 Å². The molecule has 2 aromatic carbocycles. The van der Waals surface area contributed by atoms with Crippen molar-refractivity contribution in [1.29, 1.82) is 0 Å². The summed E-state index contributed by atoms with van der Waals surface area (Å²) in [6, 6.07) is 14.7. The average Bonchev–Trinajstić information content (AvgIpc) is 2.48. The van der Waals surface area contributed by atoms with Gasteiger partial charge in [0.15, 0.2) is 6.61 Å². The number of hydrogen-bond donors (Lipinski definition) is 1. The van der Waals surface area contributed by atoms with Crippen molar-refractivity contribution < 1.29 is 9.53 Å². The number of halogens is 1. The van der Waals surface area contributed by atoms with Crippen LogP contribution in [0.3, 0.4) is 0 Å². The third kappa shape index (κ3) is 4.61. The number of benzene rings is 2. The highest BCUT2D eigenvalue weighted by Gasteiger charge is 2.04. The van der Waals surface area contributed by atoms with E-state index < -0.39 is 0 Å². The zero-order valence-corrected chi connectivity index (χ0v) is 12.3. The van der Waals surface area contributed by atoms with Crippen LogP contribution in [0.25, 0.3) is 0 Å². The molecule has 0 saturated carbocycles. The second-order valence-electron chi connectivity index (χ2n) is 4.37. The zero-order valence-electron chi connectivity index (χ0n) is 11.5. The SMILES string of the molecule is Cc1ccccc1/C=N\NC(=O)COc1ccccc1Cl. The van der Waals surface area contributed by atoms with Gasteiger partial charge in [-0.05, 0) is 30.2 Å². The minimum atomic E-state index is -0.347. The van der Waals surface area contributed by atoms with E-state index in [4.69, 9.17) is 16.3 Å². The highest BCUT2D eigenvalue weighted by molar-refractivity contribution is 6.32. The van der Waals surface area contributed by atoms with Gasteiger partial charge in [-0.15, -0.1) is 0 Å². The minimum Gasteiger partial charge on any atom is -0.482 e. The average molecular weight is 303 g/mol. The van der Waals surface area contributed by atoms with Gasteiger partial charge < -0.3 is 4.74 Å². The van der Waals surface area contributed by atoms with Crippen LogP contribution in [0.2, 0.25) is 5.02 Å². The van der Waals surface area contributed by atoms with Crippen LogP contribution in [0.5, 0.6) is 5.75 Å². The summed E-state index contributed by atoms with van der Waals surface area (Å²) in [4.78, 5) is 11.6. The smallest absolute Gasteiger partial charge is 0.277 e. The largest absolute Gasteiger partial charge is 0.482 e. The number of carbonyl (C=O) groups excluding carboxylic acids is 1. The molecule has 0 aliphatic heterocycles. The van der Waals surface area contributed by atoms with E-state index in [9.17, 15) is 4.79 Å². The standard InChI is InChI=1S/C16H15ClN2O2/c1-12-6-2-3-7-13(12)10-18-19-16(20)11-21-15-9-5-4-8-14(15)17/h2-10H,11H2,1H3,(H,19,20)/b18-10-. The molecule has 0 aliphatic rings. The third-order valence-corrected chi connectivity index (χ3v) is 3.09. The zero-order chi connectivity index (χ0) is 15.1. The Labute approximate surface area is 128 Å². The number of nitrogens with zero attached hydrogens (tertiary/aromatic N) is 1. The number of nitrogens with one attached hydrogen (secondary N) is 1. The highest BCUT2D eigenvalue weighted by Crippen LogP contribution is 2.22. The second kappa shape index (κ2) is 7.45. The molecule has 2 rings (SSSR count). The van der Waals surface area contributed by atoms with Gasteiger partial charge in [0.25, 0.3) is 5.91 Å². The fraction of sp³-hybridized carbons (Fsp3) is 0.125. The molecule has 0 aromatic heterocycles. The van der Waals surface area contributed by atoms with Crippen LogP contribution in [-0.2, 0) is 4.79 Å². The molecule has 0 atom stereocenters. The van der Waals surface area contributed by atoms with E-state index in [1.165, 1.54) is 0 Å². The van der Waals surface area contributed by atoms with Crippen LogP contribution < -0.4 is 10.2 Å². The summed E-state index contributed by atoms with van der Waals surface area (Å²) in [5.41, 5.74) is 4.45. The maximum Gasteiger partial charge on any atom is 0.277 e. The van der Waals surface area contributed by atoms with Crippen LogP contribution in [0.15, 0.2) is 53.6 Å². The fourth-order valence-corrected chi connectivity index (χ4v) is 1.83. The molecule has 108 valence electrons. The summed E-state index contributed by atoms with van der Waals surface area (Å²) in [5, 5.41) is 4.37. The molecular formula is C16H15ClN2O2. The molecule has 0 aliphatic carbocycles. The number of ether oxygens (including phenoxy) is 1. The maximum atomic E-state index is 11.6. The quantitative estimate of drug-likeness (QED) is 0.681. The molecule has 1 N–H and O–H groups in total. The van der Waals surface area contributed by atoms with Crippen molar-refractivity contribution in [2.75, 3.05) is 6.61 Å². The summed E-state index contributed by atoms with van der Waals surface area (Å²) in [5.74, 6) is 0.122. The topological polar surface area (TPSA) is 50.7 Å². The summed E-state index contributed by atoms with van der Waals surface area (Å²) in [6.45, 7) is 1.83. The Balaban J connectivity index is 1.83. The molecule has 0 unspecified atom stereocenters. The Morgan fingerprint density at radius 1 is 1.24 bits per heavy atom. The van der Waals surface area contributed by atoms with Crippen LogP contribution in [0.4, 0.5) is 0 Å². The van der Waals surface area contributed by atoms with Crippen LogP contribution in [-0.4, -0.2) is 18.7 Å². The van der Waals surface area contributed by atoms with Crippen molar-refractivity contribution in [1.82, 2.24) is 5.43 Å². The Hall–Kier alpha value is -2.33. The van der Waals surface area contributed by atoms with Gasteiger partial charge in [0.2, 0.25) is 0 Å². The number of para-hydroxylation sites is 1.